The maximum atomic E-state index is 12.8. The third-order valence-corrected chi connectivity index (χ3v) is 5.62. The van der Waals surface area contributed by atoms with Crippen LogP contribution in [0.3, 0.4) is 0 Å². The highest BCUT2D eigenvalue weighted by atomic mass is 16.6. The molecular weight excluding hydrogens is 360 g/mol. The number of piperidine rings is 1. The number of nitro benzene ring substituents is 1. The summed E-state index contributed by atoms with van der Waals surface area (Å²) in [6, 6.07) is 4.52. The number of benzene rings is 1. The molecule has 28 heavy (non-hydrogen) atoms. The molecule has 0 spiro atoms. The zero-order valence-corrected chi connectivity index (χ0v) is 16.4. The number of anilines is 1. The van der Waals surface area contributed by atoms with E-state index in [4.69, 9.17) is 0 Å². The van der Waals surface area contributed by atoms with Crippen LogP contribution in [0.25, 0.3) is 0 Å². The SMILES string of the molecule is CC1CCN(c2ccc([N+](=O)[O-])cc2C(=O)NCCCN2CCCC2=O)CC1. The molecule has 0 saturated carbocycles. The number of carbonyl (C=O) groups excluding carboxylic acids is 2. The average Bonchev–Trinajstić information content (AvgIpc) is 3.10. The van der Waals surface area contributed by atoms with Crippen molar-refractivity contribution in [3.8, 4) is 0 Å². The van der Waals surface area contributed by atoms with Crippen molar-refractivity contribution in [3.05, 3.63) is 33.9 Å². The van der Waals surface area contributed by atoms with Gasteiger partial charge in [-0.3, -0.25) is 19.7 Å². The fraction of sp³-hybridized carbons (Fsp3) is 0.600. The lowest BCUT2D eigenvalue weighted by molar-refractivity contribution is -0.384. The van der Waals surface area contributed by atoms with E-state index < -0.39 is 4.92 Å². The molecule has 2 aliphatic heterocycles. The summed E-state index contributed by atoms with van der Waals surface area (Å²) in [7, 11) is 0. The standard InChI is InChI=1S/C20H28N4O4/c1-15-7-12-22(13-8-15)18-6-5-16(24(27)28)14-17(18)20(26)21-9-3-11-23-10-2-4-19(23)25/h5-6,14-15H,2-4,7-13H2,1H3,(H,21,26). The average molecular weight is 388 g/mol. The number of likely N-dealkylation sites (tertiary alicyclic amines) is 1. The summed E-state index contributed by atoms with van der Waals surface area (Å²) in [6.07, 6.45) is 4.27. The van der Waals surface area contributed by atoms with Gasteiger partial charge in [0.2, 0.25) is 5.91 Å². The Morgan fingerprint density at radius 3 is 2.68 bits per heavy atom. The number of amides is 2. The summed E-state index contributed by atoms with van der Waals surface area (Å²) in [5.41, 5.74) is 1.02. The predicted octanol–water partition coefficient (Wildman–Crippen LogP) is 2.57. The van der Waals surface area contributed by atoms with Crippen LogP contribution in [0.15, 0.2) is 18.2 Å². The molecule has 2 heterocycles. The minimum Gasteiger partial charge on any atom is -0.371 e. The number of nitrogens with zero attached hydrogens (tertiary/aromatic N) is 3. The Hall–Kier alpha value is -2.64. The summed E-state index contributed by atoms with van der Waals surface area (Å²) < 4.78 is 0. The lowest BCUT2D eigenvalue weighted by Crippen LogP contribution is -2.35. The molecule has 2 fully saturated rings. The molecule has 0 aromatic heterocycles. The van der Waals surface area contributed by atoms with Crippen LogP contribution in [0.4, 0.5) is 11.4 Å². The van der Waals surface area contributed by atoms with Crippen molar-refractivity contribution in [2.45, 2.75) is 39.0 Å². The van der Waals surface area contributed by atoms with Gasteiger partial charge in [0.05, 0.1) is 16.2 Å². The minimum absolute atomic E-state index is 0.0815. The van der Waals surface area contributed by atoms with Crippen molar-refractivity contribution in [1.82, 2.24) is 10.2 Å². The van der Waals surface area contributed by atoms with Crippen molar-refractivity contribution in [2.75, 3.05) is 37.6 Å². The highest BCUT2D eigenvalue weighted by molar-refractivity contribution is 6.00. The van der Waals surface area contributed by atoms with Crippen molar-refractivity contribution < 1.29 is 14.5 Å². The number of nitrogens with one attached hydrogen (secondary N) is 1. The van der Waals surface area contributed by atoms with Gasteiger partial charge in [-0.05, 0) is 37.7 Å². The second-order valence-electron chi connectivity index (χ2n) is 7.72. The smallest absolute Gasteiger partial charge is 0.270 e. The van der Waals surface area contributed by atoms with E-state index in [1.807, 2.05) is 4.90 Å². The first-order valence-electron chi connectivity index (χ1n) is 10.0. The van der Waals surface area contributed by atoms with Crippen LogP contribution in [0.5, 0.6) is 0 Å². The van der Waals surface area contributed by atoms with Crippen LogP contribution in [0.1, 0.15) is 49.4 Å². The molecule has 152 valence electrons. The molecular formula is C20H28N4O4. The van der Waals surface area contributed by atoms with Gasteiger partial charge in [-0.2, -0.15) is 0 Å². The lowest BCUT2D eigenvalue weighted by atomic mass is 9.98. The number of rotatable bonds is 7. The molecule has 0 atom stereocenters. The first kappa shape index (κ1) is 20.1. The van der Waals surface area contributed by atoms with Gasteiger partial charge in [-0.25, -0.2) is 0 Å². The molecule has 0 aliphatic carbocycles. The van der Waals surface area contributed by atoms with Gasteiger partial charge in [0, 0.05) is 51.3 Å². The van der Waals surface area contributed by atoms with Crippen molar-refractivity contribution >= 4 is 23.2 Å². The third-order valence-electron chi connectivity index (χ3n) is 5.62. The molecule has 0 unspecified atom stereocenters. The van der Waals surface area contributed by atoms with Gasteiger partial charge < -0.3 is 15.1 Å². The van der Waals surface area contributed by atoms with Crippen LogP contribution >= 0.6 is 0 Å². The first-order valence-corrected chi connectivity index (χ1v) is 10.0. The summed E-state index contributed by atoms with van der Waals surface area (Å²) in [5.74, 6) is 0.525. The first-order chi connectivity index (χ1) is 13.5. The molecule has 1 aromatic rings. The predicted molar refractivity (Wildman–Crippen MR) is 106 cm³/mol. The molecule has 8 heteroatoms. The topological polar surface area (TPSA) is 95.8 Å². The van der Waals surface area contributed by atoms with Gasteiger partial charge in [0.25, 0.3) is 11.6 Å². The van der Waals surface area contributed by atoms with E-state index in [9.17, 15) is 19.7 Å². The Kier molecular flexibility index (Phi) is 6.49. The van der Waals surface area contributed by atoms with Crippen LogP contribution < -0.4 is 10.2 Å². The number of hydrogen-bond acceptors (Lipinski definition) is 5. The molecule has 2 aliphatic rings. The quantitative estimate of drug-likeness (QED) is 0.440. The Bertz CT molecular complexity index is 744. The van der Waals surface area contributed by atoms with Gasteiger partial charge in [0.1, 0.15) is 0 Å². The Morgan fingerprint density at radius 2 is 2.04 bits per heavy atom. The monoisotopic (exact) mass is 388 g/mol. The number of nitro groups is 1. The van der Waals surface area contributed by atoms with E-state index in [-0.39, 0.29) is 17.5 Å². The number of non-ortho nitro benzene ring substituents is 1. The van der Waals surface area contributed by atoms with Crippen molar-refractivity contribution in [3.63, 3.8) is 0 Å². The molecule has 0 radical (unpaired) electrons. The second-order valence-corrected chi connectivity index (χ2v) is 7.72. The summed E-state index contributed by atoms with van der Waals surface area (Å²) in [6.45, 7) is 5.75. The highest BCUT2D eigenvalue weighted by Crippen LogP contribution is 2.29. The third kappa shape index (κ3) is 4.79. The van der Waals surface area contributed by atoms with Gasteiger partial charge in [0.15, 0.2) is 0 Å². The minimum atomic E-state index is -0.474. The molecule has 3 rings (SSSR count). The fourth-order valence-corrected chi connectivity index (χ4v) is 3.85. The molecule has 8 nitrogen and oxygen atoms in total. The normalized spacial score (nSPS) is 17.8. The molecule has 2 amide bonds. The Labute approximate surface area is 165 Å². The molecule has 1 aromatic carbocycles. The Balaban J connectivity index is 1.65. The van der Waals surface area contributed by atoms with Crippen molar-refractivity contribution in [1.29, 1.82) is 0 Å². The van der Waals surface area contributed by atoms with Gasteiger partial charge in [-0.15, -0.1) is 0 Å². The van der Waals surface area contributed by atoms with Gasteiger partial charge >= 0.3 is 0 Å². The Morgan fingerprint density at radius 1 is 1.29 bits per heavy atom. The van der Waals surface area contributed by atoms with E-state index in [1.165, 1.54) is 12.1 Å². The van der Waals surface area contributed by atoms with Crippen LogP contribution in [-0.2, 0) is 4.79 Å². The lowest BCUT2D eigenvalue weighted by Gasteiger charge is -2.33. The largest absolute Gasteiger partial charge is 0.371 e. The maximum absolute atomic E-state index is 12.8. The molecule has 0 bridgehead atoms. The van der Waals surface area contributed by atoms with E-state index >= 15 is 0 Å². The maximum Gasteiger partial charge on any atom is 0.270 e. The van der Waals surface area contributed by atoms with Crippen molar-refractivity contribution in [2.24, 2.45) is 5.92 Å². The van der Waals surface area contributed by atoms with E-state index in [1.54, 1.807) is 6.07 Å². The molecule has 2 saturated heterocycles. The van der Waals surface area contributed by atoms with Crippen LogP contribution in [0, 0.1) is 16.0 Å². The molecule has 1 N–H and O–H groups in total. The summed E-state index contributed by atoms with van der Waals surface area (Å²) in [4.78, 5) is 39.1. The van der Waals surface area contributed by atoms with Crippen LogP contribution in [-0.4, -0.2) is 54.4 Å². The summed E-state index contributed by atoms with van der Waals surface area (Å²) in [5, 5.41) is 14.0. The van der Waals surface area contributed by atoms with E-state index in [0.29, 0.717) is 37.4 Å². The van der Waals surface area contributed by atoms with Crippen LogP contribution in [0.2, 0.25) is 0 Å². The zero-order valence-electron chi connectivity index (χ0n) is 16.4. The fourth-order valence-electron chi connectivity index (χ4n) is 3.85. The number of carbonyl (C=O) groups is 2. The zero-order chi connectivity index (χ0) is 20.1. The van der Waals surface area contributed by atoms with E-state index in [2.05, 4.69) is 17.1 Å². The highest BCUT2D eigenvalue weighted by Gasteiger charge is 2.24. The summed E-state index contributed by atoms with van der Waals surface area (Å²) >= 11 is 0. The number of hydrogen-bond donors (Lipinski definition) is 1. The van der Waals surface area contributed by atoms with Gasteiger partial charge in [-0.1, -0.05) is 6.92 Å². The van der Waals surface area contributed by atoms with E-state index in [0.717, 1.165) is 44.6 Å². The second kappa shape index (κ2) is 9.03.